The number of benzene rings is 2. The summed E-state index contributed by atoms with van der Waals surface area (Å²) in [7, 11) is 0. The third kappa shape index (κ3) is 4.81. The van der Waals surface area contributed by atoms with E-state index in [4.69, 9.17) is 22.3 Å². The molecule has 0 aliphatic carbocycles. The van der Waals surface area contributed by atoms with Crippen LogP contribution in [-0.2, 0) is 11.2 Å². The van der Waals surface area contributed by atoms with Crippen LogP contribution in [0.5, 0.6) is 0 Å². The Bertz CT molecular complexity index is 1690. The number of para-hydroxylation sites is 1. The summed E-state index contributed by atoms with van der Waals surface area (Å²) < 4.78 is 16.3. The number of piperazine rings is 1. The van der Waals surface area contributed by atoms with Crippen molar-refractivity contribution in [3.8, 4) is 16.9 Å². The van der Waals surface area contributed by atoms with Crippen molar-refractivity contribution in [2.45, 2.75) is 32.7 Å². The van der Waals surface area contributed by atoms with E-state index in [1.165, 1.54) is 16.7 Å². The van der Waals surface area contributed by atoms with Crippen LogP contribution in [0.25, 0.3) is 28.0 Å². The molecule has 206 valence electrons. The number of amides is 1. The van der Waals surface area contributed by atoms with Crippen molar-refractivity contribution in [1.82, 2.24) is 19.4 Å². The number of halogens is 2. The maximum Gasteiger partial charge on any atom is 0.355 e. The maximum atomic E-state index is 14.9. The summed E-state index contributed by atoms with van der Waals surface area (Å²) in [6.07, 6.45) is 2.81. The smallest absolute Gasteiger partial charge is 0.355 e. The third-order valence-corrected chi connectivity index (χ3v) is 7.50. The molecule has 2 aromatic heterocycles. The second kappa shape index (κ2) is 11.1. The largest absolute Gasteiger partial charge is 0.397 e. The summed E-state index contributed by atoms with van der Waals surface area (Å²) in [6, 6.07) is 13.2. The molecule has 5 rings (SSSR count). The highest BCUT2D eigenvalue weighted by molar-refractivity contribution is 6.33. The van der Waals surface area contributed by atoms with Gasteiger partial charge in [0.15, 0.2) is 5.65 Å². The van der Waals surface area contributed by atoms with Crippen molar-refractivity contribution in [2.75, 3.05) is 30.3 Å². The first-order valence-electron chi connectivity index (χ1n) is 13.2. The van der Waals surface area contributed by atoms with E-state index in [9.17, 15) is 14.0 Å². The molecule has 0 spiro atoms. The van der Waals surface area contributed by atoms with Gasteiger partial charge in [-0.2, -0.15) is 4.98 Å². The summed E-state index contributed by atoms with van der Waals surface area (Å²) >= 11 is 6.74. The molecule has 3 heterocycles. The summed E-state index contributed by atoms with van der Waals surface area (Å²) in [6.45, 7) is 8.88. The number of fused-ring (bicyclic) bond motifs is 1. The molecular formula is C30H30ClFN6O2. The third-order valence-electron chi connectivity index (χ3n) is 7.21. The molecular weight excluding hydrogens is 531 g/mol. The van der Waals surface area contributed by atoms with Gasteiger partial charge in [0.05, 0.1) is 27.5 Å². The number of anilines is 2. The SMILES string of the molecule is C=CC(=O)N1CCN(c2nc(=O)n(-c3c(N)cccc3CCC)c3nc(-c4ccccc4F)c(Cl)cc23)[C@@H](C)C1. The molecule has 4 aromatic rings. The van der Waals surface area contributed by atoms with Gasteiger partial charge in [-0.05, 0) is 49.2 Å². The average Bonchev–Trinajstić information content (AvgIpc) is 2.94. The van der Waals surface area contributed by atoms with Crippen LogP contribution in [0.15, 0.2) is 66.0 Å². The Morgan fingerprint density at radius 2 is 1.98 bits per heavy atom. The Morgan fingerprint density at radius 1 is 1.20 bits per heavy atom. The first-order chi connectivity index (χ1) is 19.2. The number of nitrogen functional groups attached to an aromatic ring is 1. The van der Waals surface area contributed by atoms with Gasteiger partial charge in [0.25, 0.3) is 0 Å². The average molecular weight is 561 g/mol. The van der Waals surface area contributed by atoms with Gasteiger partial charge in [-0.3, -0.25) is 4.79 Å². The number of hydrogen-bond donors (Lipinski definition) is 1. The topological polar surface area (TPSA) is 97.4 Å². The zero-order valence-corrected chi connectivity index (χ0v) is 23.2. The number of aromatic nitrogens is 3. The lowest BCUT2D eigenvalue weighted by Gasteiger charge is -2.40. The van der Waals surface area contributed by atoms with E-state index >= 15 is 0 Å². The second-order valence-corrected chi connectivity index (χ2v) is 10.3. The lowest BCUT2D eigenvalue weighted by molar-refractivity contribution is -0.126. The highest BCUT2D eigenvalue weighted by Crippen LogP contribution is 2.36. The highest BCUT2D eigenvalue weighted by Gasteiger charge is 2.30. The van der Waals surface area contributed by atoms with Gasteiger partial charge < -0.3 is 15.5 Å². The van der Waals surface area contributed by atoms with Crippen molar-refractivity contribution in [1.29, 1.82) is 0 Å². The normalized spacial score (nSPS) is 15.4. The van der Waals surface area contributed by atoms with Crippen molar-refractivity contribution in [2.24, 2.45) is 0 Å². The van der Waals surface area contributed by atoms with E-state index < -0.39 is 11.5 Å². The van der Waals surface area contributed by atoms with Crippen molar-refractivity contribution >= 4 is 40.0 Å². The van der Waals surface area contributed by atoms with Gasteiger partial charge in [0.2, 0.25) is 5.91 Å². The number of rotatable bonds is 6. The van der Waals surface area contributed by atoms with E-state index in [2.05, 4.69) is 11.6 Å². The number of nitrogens with zero attached hydrogens (tertiary/aromatic N) is 5. The van der Waals surface area contributed by atoms with Gasteiger partial charge in [0.1, 0.15) is 11.6 Å². The molecule has 10 heteroatoms. The number of nitrogens with two attached hydrogens (primary N) is 1. The van der Waals surface area contributed by atoms with Crippen molar-refractivity contribution in [3.05, 3.63) is 88.1 Å². The van der Waals surface area contributed by atoms with Gasteiger partial charge in [0, 0.05) is 31.2 Å². The summed E-state index contributed by atoms with van der Waals surface area (Å²) in [5, 5.41) is 0.736. The Morgan fingerprint density at radius 3 is 2.67 bits per heavy atom. The minimum Gasteiger partial charge on any atom is -0.397 e. The molecule has 2 aromatic carbocycles. The fourth-order valence-corrected chi connectivity index (χ4v) is 5.58. The lowest BCUT2D eigenvalue weighted by Crippen LogP contribution is -2.54. The fourth-order valence-electron chi connectivity index (χ4n) is 5.32. The van der Waals surface area contributed by atoms with E-state index in [0.29, 0.717) is 48.6 Å². The maximum absolute atomic E-state index is 14.9. The molecule has 2 N–H and O–H groups in total. The van der Waals surface area contributed by atoms with Crippen LogP contribution in [0.2, 0.25) is 5.02 Å². The fraction of sp³-hybridized carbons (Fsp3) is 0.267. The van der Waals surface area contributed by atoms with Crippen LogP contribution in [-0.4, -0.2) is 51.0 Å². The van der Waals surface area contributed by atoms with Crippen molar-refractivity contribution < 1.29 is 9.18 Å². The predicted octanol–water partition coefficient (Wildman–Crippen LogP) is 5.00. The molecule has 0 saturated carbocycles. The van der Waals surface area contributed by atoms with Gasteiger partial charge in [-0.15, -0.1) is 0 Å². The van der Waals surface area contributed by atoms with Gasteiger partial charge in [-0.25, -0.2) is 18.7 Å². The molecule has 1 amide bonds. The van der Waals surface area contributed by atoms with Crippen LogP contribution in [0.4, 0.5) is 15.9 Å². The number of pyridine rings is 1. The molecule has 1 aliphatic rings. The predicted molar refractivity (Wildman–Crippen MR) is 158 cm³/mol. The van der Waals surface area contributed by atoms with E-state index in [-0.39, 0.29) is 33.9 Å². The minimum absolute atomic E-state index is 0.151. The first kappa shape index (κ1) is 27.3. The Labute approximate surface area is 236 Å². The molecule has 1 atom stereocenters. The van der Waals surface area contributed by atoms with E-state index in [1.807, 2.05) is 30.9 Å². The monoisotopic (exact) mass is 560 g/mol. The molecule has 1 fully saturated rings. The summed E-state index contributed by atoms with van der Waals surface area (Å²) in [5.74, 6) is -0.237. The van der Waals surface area contributed by atoms with Gasteiger partial charge >= 0.3 is 5.69 Å². The van der Waals surface area contributed by atoms with Crippen LogP contribution in [0, 0.1) is 5.82 Å². The second-order valence-electron chi connectivity index (χ2n) is 9.86. The molecule has 8 nitrogen and oxygen atoms in total. The molecule has 0 unspecified atom stereocenters. The van der Waals surface area contributed by atoms with Crippen LogP contribution < -0.4 is 16.3 Å². The Balaban J connectivity index is 1.80. The zero-order valence-electron chi connectivity index (χ0n) is 22.4. The standard InChI is InChI=1S/C30H30ClFN6O2/c1-4-9-19-10-8-13-24(33)27(19)38-29-21(16-22(31)26(34-29)20-11-6-7-12-23(20)32)28(35-30(38)40)37-15-14-36(17-18(37)3)25(39)5-2/h5-8,10-13,16,18H,2,4,9,14-15,17,33H2,1,3H3/t18-/m0/s1. The van der Waals surface area contributed by atoms with Crippen molar-refractivity contribution in [3.63, 3.8) is 0 Å². The van der Waals surface area contributed by atoms with E-state index in [1.54, 1.807) is 35.2 Å². The lowest BCUT2D eigenvalue weighted by atomic mass is 10.1. The molecule has 1 aliphatic heterocycles. The van der Waals surface area contributed by atoms with Gasteiger partial charge in [-0.1, -0.05) is 55.8 Å². The number of aryl methyl sites for hydroxylation is 1. The zero-order chi connectivity index (χ0) is 28.6. The summed E-state index contributed by atoms with van der Waals surface area (Å²) in [5.41, 5.74) is 8.35. The quantitative estimate of drug-likeness (QED) is 0.263. The molecule has 0 radical (unpaired) electrons. The Kier molecular flexibility index (Phi) is 7.58. The molecule has 1 saturated heterocycles. The first-order valence-corrected chi connectivity index (χ1v) is 13.6. The number of carbonyl (C=O) groups excluding carboxylic acids is 1. The number of carbonyl (C=O) groups is 1. The Hall–Kier alpha value is -4.24. The van der Waals surface area contributed by atoms with Crippen LogP contribution in [0.3, 0.4) is 0 Å². The number of hydrogen-bond acceptors (Lipinski definition) is 6. The molecule has 40 heavy (non-hydrogen) atoms. The summed E-state index contributed by atoms with van der Waals surface area (Å²) in [4.78, 5) is 39.1. The van der Waals surface area contributed by atoms with Crippen LogP contribution >= 0.6 is 11.6 Å². The highest BCUT2D eigenvalue weighted by atomic mass is 35.5. The van der Waals surface area contributed by atoms with E-state index in [0.717, 1.165) is 12.0 Å². The minimum atomic E-state index is -0.566. The van der Waals surface area contributed by atoms with Crippen LogP contribution in [0.1, 0.15) is 25.8 Å². The molecule has 0 bridgehead atoms.